The van der Waals surface area contributed by atoms with Gasteiger partial charge in [-0.15, -0.1) is 0 Å². The Morgan fingerprint density at radius 1 is 1.57 bits per heavy atom. The van der Waals surface area contributed by atoms with Crippen LogP contribution in [0, 0.1) is 10.1 Å². The zero-order valence-electron chi connectivity index (χ0n) is 7.65. The highest BCUT2D eigenvalue weighted by Crippen LogP contribution is 2.21. The van der Waals surface area contributed by atoms with Crippen LogP contribution in [0.4, 0.5) is 5.69 Å². The van der Waals surface area contributed by atoms with E-state index in [-0.39, 0.29) is 5.69 Å². The van der Waals surface area contributed by atoms with Crippen LogP contribution in [0.1, 0.15) is 12.6 Å². The number of hydrogen-bond acceptors (Lipinski definition) is 3. The number of aromatic nitrogens is 2. The summed E-state index contributed by atoms with van der Waals surface area (Å²) >= 11 is 0. The second-order valence-electron chi connectivity index (χ2n) is 3.01. The molecule has 5 nitrogen and oxygen atoms in total. The van der Waals surface area contributed by atoms with E-state index in [1.165, 1.54) is 6.07 Å². The average molecular weight is 191 g/mol. The summed E-state index contributed by atoms with van der Waals surface area (Å²) in [6.45, 7) is 1.97. The normalized spacial score (nSPS) is 10.6. The molecule has 0 radical (unpaired) electrons. The zero-order valence-corrected chi connectivity index (χ0v) is 7.65. The quantitative estimate of drug-likeness (QED) is 0.583. The molecule has 1 aromatic carbocycles. The van der Waals surface area contributed by atoms with Crippen LogP contribution >= 0.6 is 0 Å². The number of nitrogens with one attached hydrogen (secondary N) is 1. The fourth-order valence-corrected chi connectivity index (χ4v) is 1.44. The van der Waals surface area contributed by atoms with Crippen molar-refractivity contribution >= 4 is 16.6 Å². The van der Waals surface area contributed by atoms with E-state index < -0.39 is 4.92 Å². The summed E-state index contributed by atoms with van der Waals surface area (Å²) in [5.41, 5.74) is 1.81. The summed E-state index contributed by atoms with van der Waals surface area (Å²) in [5, 5.41) is 18.3. The largest absolute Gasteiger partial charge is 0.278 e. The molecule has 0 spiro atoms. The Labute approximate surface area is 79.9 Å². The number of benzene rings is 1. The molecule has 0 aliphatic carbocycles. The molecule has 0 fully saturated rings. The maximum absolute atomic E-state index is 10.5. The molecular weight excluding hydrogens is 182 g/mol. The highest BCUT2D eigenvalue weighted by molar-refractivity contribution is 5.83. The molecule has 0 saturated heterocycles. The summed E-state index contributed by atoms with van der Waals surface area (Å²) in [7, 11) is 0. The molecule has 0 atom stereocenters. The van der Waals surface area contributed by atoms with E-state index in [1.807, 2.05) is 6.92 Å². The van der Waals surface area contributed by atoms with Gasteiger partial charge in [0.25, 0.3) is 5.69 Å². The maximum atomic E-state index is 10.5. The number of hydrogen-bond donors (Lipinski definition) is 1. The second kappa shape index (κ2) is 3.10. The molecule has 0 saturated carbocycles. The van der Waals surface area contributed by atoms with Gasteiger partial charge in [0.05, 0.1) is 16.1 Å². The second-order valence-corrected chi connectivity index (χ2v) is 3.01. The predicted octanol–water partition coefficient (Wildman–Crippen LogP) is 2.03. The van der Waals surface area contributed by atoms with E-state index in [0.29, 0.717) is 0 Å². The molecule has 0 unspecified atom stereocenters. The summed E-state index contributed by atoms with van der Waals surface area (Å²) in [6.07, 6.45) is 0.765. The highest BCUT2D eigenvalue weighted by Gasteiger charge is 2.09. The van der Waals surface area contributed by atoms with Gasteiger partial charge in [0.1, 0.15) is 0 Å². The molecule has 2 aromatic rings. The first-order chi connectivity index (χ1) is 6.72. The first-order valence-corrected chi connectivity index (χ1v) is 4.33. The van der Waals surface area contributed by atoms with Crippen LogP contribution in [0.5, 0.6) is 0 Å². The van der Waals surface area contributed by atoms with E-state index in [1.54, 1.807) is 12.1 Å². The number of non-ortho nitro benzene ring substituents is 1. The van der Waals surface area contributed by atoms with Crippen molar-refractivity contribution in [2.45, 2.75) is 13.3 Å². The van der Waals surface area contributed by atoms with Crippen LogP contribution < -0.4 is 0 Å². The van der Waals surface area contributed by atoms with Gasteiger partial charge in [-0.2, -0.15) is 5.10 Å². The fraction of sp³-hybridized carbons (Fsp3) is 0.222. The molecule has 1 aromatic heterocycles. The minimum atomic E-state index is -0.397. The van der Waals surface area contributed by atoms with Gasteiger partial charge < -0.3 is 0 Å². The van der Waals surface area contributed by atoms with Crippen molar-refractivity contribution in [2.75, 3.05) is 0 Å². The van der Waals surface area contributed by atoms with E-state index in [9.17, 15) is 10.1 Å². The molecule has 1 N–H and O–H groups in total. The topological polar surface area (TPSA) is 71.8 Å². The van der Waals surface area contributed by atoms with Gasteiger partial charge in [-0.25, -0.2) is 0 Å². The van der Waals surface area contributed by atoms with E-state index in [0.717, 1.165) is 23.0 Å². The van der Waals surface area contributed by atoms with Crippen LogP contribution in [-0.4, -0.2) is 15.1 Å². The Bertz CT molecular complexity index is 490. The van der Waals surface area contributed by atoms with E-state index in [4.69, 9.17) is 0 Å². The Kier molecular flexibility index (Phi) is 1.92. The predicted molar refractivity (Wildman–Crippen MR) is 52.1 cm³/mol. The lowest BCUT2D eigenvalue weighted by atomic mass is 10.1. The molecule has 1 heterocycles. The zero-order chi connectivity index (χ0) is 10.1. The number of H-pyrrole nitrogens is 1. The number of nitro benzene ring substituents is 1. The first kappa shape index (κ1) is 8.68. The van der Waals surface area contributed by atoms with Crippen LogP contribution in [0.2, 0.25) is 0 Å². The number of nitro groups is 1. The van der Waals surface area contributed by atoms with Crippen molar-refractivity contribution in [3.63, 3.8) is 0 Å². The van der Waals surface area contributed by atoms with Crippen LogP contribution in [0.3, 0.4) is 0 Å². The van der Waals surface area contributed by atoms with E-state index in [2.05, 4.69) is 10.2 Å². The van der Waals surface area contributed by atoms with Crippen molar-refractivity contribution in [1.82, 2.24) is 10.2 Å². The number of rotatable bonds is 2. The Morgan fingerprint density at radius 2 is 2.36 bits per heavy atom. The maximum Gasteiger partial charge on any atom is 0.270 e. The monoisotopic (exact) mass is 191 g/mol. The summed E-state index contributed by atoms with van der Waals surface area (Å²) < 4.78 is 0. The van der Waals surface area contributed by atoms with Gasteiger partial charge >= 0.3 is 0 Å². The molecule has 0 bridgehead atoms. The van der Waals surface area contributed by atoms with Crippen LogP contribution in [0.15, 0.2) is 18.2 Å². The Morgan fingerprint density at radius 3 is 3.00 bits per heavy atom. The van der Waals surface area contributed by atoms with Crippen molar-refractivity contribution in [3.05, 3.63) is 34.0 Å². The van der Waals surface area contributed by atoms with Crippen LogP contribution in [-0.2, 0) is 6.42 Å². The average Bonchev–Trinajstić information content (AvgIpc) is 2.59. The SMILES string of the molecule is CCc1n[nH]c2ccc([N+](=O)[O-])cc12. The summed E-state index contributed by atoms with van der Waals surface area (Å²) in [4.78, 5) is 10.1. The standard InChI is InChI=1S/C9H9N3O2/c1-2-8-7-5-6(12(13)14)3-4-9(7)11-10-8/h3-5H,2H2,1H3,(H,10,11). The highest BCUT2D eigenvalue weighted by atomic mass is 16.6. The van der Waals surface area contributed by atoms with Crippen molar-refractivity contribution in [1.29, 1.82) is 0 Å². The van der Waals surface area contributed by atoms with Crippen molar-refractivity contribution in [3.8, 4) is 0 Å². The Hall–Kier alpha value is -1.91. The number of aromatic amines is 1. The third-order valence-corrected chi connectivity index (χ3v) is 2.17. The first-order valence-electron chi connectivity index (χ1n) is 4.33. The molecule has 0 amide bonds. The smallest absolute Gasteiger partial charge is 0.270 e. The lowest BCUT2D eigenvalue weighted by molar-refractivity contribution is -0.384. The van der Waals surface area contributed by atoms with Gasteiger partial charge in [-0.1, -0.05) is 6.92 Å². The molecule has 0 aliphatic rings. The third kappa shape index (κ3) is 1.22. The van der Waals surface area contributed by atoms with Gasteiger partial charge in [0.2, 0.25) is 0 Å². The Balaban J connectivity index is 2.67. The summed E-state index contributed by atoms with van der Waals surface area (Å²) in [5.74, 6) is 0. The molecule has 5 heteroatoms. The van der Waals surface area contributed by atoms with Crippen molar-refractivity contribution in [2.24, 2.45) is 0 Å². The van der Waals surface area contributed by atoms with Gasteiger partial charge in [0, 0.05) is 17.5 Å². The minimum absolute atomic E-state index is 0.105. The van der Waals surface area contributed by atoms with Gasteiger partial charge in [-0.05, 0) is 12.5 Å². The molecule has 2 rings (SSSR count). The molecule has 72 valence electrons. The third-order valence-electron chi connectivity index (χ3n) is 2.17. The number of nitrogens with zero attached hydrogens (tertiary/aromatic N) is 2. The minimum Gasteiger partial charge on any atom is -0.278 e. The number of fused-ring (bicyclic) bond motifs is 1. The number of aryl methyl sites for hydroxylation is 1. The van der Waals surface area contributed by atoms with Gasteiger partial charge in [-0.3, -0.25) is 15.2 Å². The van der Waals surface area contributed by atoms with Crippen LogP contribution in [0.25, 0.3) is 10.9 Å². The van der Waals surface area contributed by atoms with Gasteiger partial charge in [0.15, 0.2) is 0 Å². The fourth-order valence-electron chi connectivity index (χ4n) is 1.44. The lowest BCUT2D eigenvalue weighted by Gasteiger charge is -1.92. The van der Waals surface area contributed by atoms with Crippen molar-refractivity contribution < 1.29 is 4.92 Å². The molecular formula is C9H9N3O2. The molecule has 0 aliphatic heterocycles. The lowest BCUT2D eigenvalue weighted by Crippen LogP contribution is -1.87. The summed E-state index contributed by atoms with van der Waals surface area (Å²) in [6, 6.07) is 4.71. The molecule has 14 heavy (non-hydrogen) atoms. The van der Waals surface area contributed by atoms with E-state index >= 15 is 0 Å².